The molecule has 1 N–H and O–H groups in total. The number of aromatic nitrogens is 3. The van der Waals surface area contributed by atoms with E-state index in [1.165, 1.54) is 41.9 Å². The van der Waals surface area contributed by atoms with E-state index in [1.807, 2.05) is 13.8 Å². The molecule has 1 fully saturated rings. The third-order valence-corrected chi connectivity index (χ3v) is 6.06. The Morgan fingerprint density at radius 1 is 1.21 bits per heavy atom. The molecule has 180 valence electrons. The van der Waals surface area contributed by atoms with Crippen molar-refractivity contribution >= 4 is 22.9 Å². The summed E-state index contributed by atoms with van der Waals surface area (Å²) in [6.45, 7) is 5.58. The molecule has 4 rings (SSSR count). The number of carbonyl (C=O) groups is 2. The fourth-order valence-corrected chi connectivity index (χ4v) is 4.07. The summed E-state index contributed by atoms with van der Waals surface area (Å²) in [5, 5.41) is 14.7. The SMILES string of the molecule is CC(=O)N1CCC(F)(COc2cc(C(=O)O)nc3c2c(C(C)C)nn3-c2ccc(F)cc2)CC1. The molecule has 0 radical (unpaired) electrons. The third kappa shape index (κ3) is 4.57. The van der Waals surface area contributed by atoms with E-state index in [0.29, 0.717) is 29.9 Å². The van der Waals surface area contributed by atoms with Gasteiger partial charge in [-0.05, 0) is 30.2 Å². The maximum absolute atomic E-state index is 15.5. The van der Waals surface area contributed by atoms with Crippen LogP contribution in [0, 0.1) is 5.82 Å². The molecule has 0 saturated carbocycles. The Morgan fingerprint density at radius 2 is 1.85 bits per heavy atom. The van der Waals surface area contributed by atoms with Crippen LogP contribution in [-0.4, -0.2) is 62.0 Å². The lowest BCUT2D eigenvalue weighted by atomic mass is 9.94. The van der Waals surface area contributed by atoms with Crippen molar-refractivity contribution in [1.29, 1.82) is 0 Å². The molecule has 1 saturated heterocycles. The minimum Gasteiger partial charge on any atom is -0.489 e. The van der Waals surface area contributed by atoms with E-state index in [4.69, 9.17) is 4.74 Å². The number of aromatic carboxylic acids is 1. The number of halogens is 2. The zero-order valence-corrected chi connectivity index (χ0v) is 19.2. The van der Waals surface area contributed by atoms with Gasteiger partial charge in [-0.1, -0.05) is 13.8 Å². The largest absolute Gasteiger partial charge is 0.489 e. The number of rotatable bonds is 6. The predicted octanol–water partition coefficient (Wildman–Crippen LogP) is 4.11. The van der Waals surface area contributed by atoms with Gasteiger partial charge in [-0.3, -0.25) is 4.79 Å². The highest BCUT2D eigenvalue weighted by molar-refractivity contribution is 5.94. The molecule has 3 aromatic rings. The van der Waals surface area contributed by atoms with Gasteiger partial charge in [-0.25, -0.2) is 23.2 Å². The Balaban J connectivity index is 1.76. The highest BCUT2D eigenvalue weighted by atomic mass is 19.1. The van der Waals surface area contributed by atoms with Crippen molar-refractivity contribution in [3.63, 3.8) is 0 Å². The smallest absolute Gasteiger partial charge is 0.354 e. The van der Waals surface area contributed by atoms with Crippen LogP contribution in [0.25, 0.3) is 16.7 Å². The Hall–Kier alpha value is -3.56. The second-order valence-corrected chi connectivity index (χ2v) is 8.88. The molecule has 10 heteroatoms. The van der Waals surface area contributed by atoms with Crippen molar-refractivity contribution in [1.82, 2.24) is 19.7 Å². The van der Waals surface area contributed by atoms with Gasteiger partial charge in [-0.15, -0.1) is 0 Å². The van der Waals surface area contributed by atoms with E-state index in [2.05, 4.69) is 10.1 Å². The van der Waals surface area contributed by atoms with Gasteiger partial charge in [0.15, 0.2) is 11.3 Å². The number of ether oxygens (including phenoxy) is 1. The Kier molecular flexibility index (Phi) is 6.24. The number of fused-ring (bicyclic) bond motifs is 1. The van der Waals surface area contributed by atoms with Crippen LogP contribution in [0.1, 0.15) is 55.7 Å². The highest BCUT2D eigenvalue weighted by Gasteiger charge is 2.36. The second kappa shape index (κ2) is 9.00. The normalized spacial score (nSPS) is 15.6. The van der Waals surface area contributed by atoms with Gasteiger partial charge in [0.1, 0.15) is 23.8 Å². The predicted molar refractivity (Wildman–Crippen MR) is 121 cm³/mol. The summed E-state index contributed by atoms with van der Waals surface area (Å²) in [5.41, 5.74) is -0.614. The van der Waals surface area contributed by atoms with Gasteiger partial charge >= 0.3 is 5.97 Å². The van der Waals surface area contributed by atoms with Crippen molar-refractivity contribution in [2.75, 3.05) is 19.7 Å². The Morgan fingerprint density at radius 3 is 2.41 bits per heavy atom. The van der Waals surface area contributed by atoms with Crippen molar-refractivity contribution in [2.45, 2.75) is 45.2 Å². The van der Waals surface area contributed by atoms with Crippen LogP contribution < -0.4 is 4.74 Å². The number of amides is 1. The second-order valence-electron chi connectivity index (χ2n) is 8.88. The van der Waals surface area contributed by atoms with E-state index < -0.39 is 17.5 Å². The number of nitrogens with zero attached hydrogens (tertiary/aromatic N) is 4. The molecule has 3 heterocycles. The first-order chi connectivity index (χ1) is 16.1. The van der Waals surface area contributed by atoms with E-state index in [9.17, 15) is 19.1 Å². The lowest BCUT2D eigenvalue weighted by Crippen LogP contribution is -2.46. The summed E-state index contributed by atoms with van der Waals surface area (Å²) in [4.78, 5) is 29.2. The number of carboxylic acid groups (broad SMARTS) is 1. The summed E-state index contributed by atoms with van der Waals surface area (Å²) >= 11 is 0. The minimum absolute atomic E-state index is 0.0813. The first kappa shape index (κ1) is 23.6. The number of hydrogen-bond donors (Lipinski definition) is 1. The average Bonchev–Trinajstić information content (AvgIpc) is 3.18. The summed E-state index contributed by atoms with van der Waals surface area (Å²) in [6, 6.07) is 6.86. The molecule has 0 bridgehead atoms. The summed E-state index contributed by atoms with van der Waals surface area (Å²) in [6.07, 6.45) is 0.247. The molecule has 0 aliphatic carbocycles. The van der Waals surface area contributed by atoms with Crippen molar-refractivity contribution in [3.8, 4) is 11.4 Å². The van der Waals surface area contributed by atoms with E-state index in [-0.39, 0.29) is 48.4 Å². The molecule has 1 aliphatic rings. The number of alkyl halides is 1. The van der Waals surface area contributed by atoms with Crippen LogP contribution in [0.4, 0.5) is 8.78 Å². The third-order valence-electron chi connectivity index (χ3n) is 6.06. The molecule has 0 unspecified atom stereocenters. The average molecular weight is 472 g/mol. The van der Waals surface area contributed by atoms with Gasteiger partial charge in [-0.2, -0.15) is 5.10 Å². The van der Waals surface area contributed by atoms with Crippen molar-refractivity contribution < 1.29 is 28.2 Å². The van der Waals surface area contributed by atoms with Crippen LogP contribution in [0.15, 0.2) is 30.3 Å². The van der Waals surface area contributed by atoms with Crippen molar-refractivity contribution in [2.24, 2.45) is 0 Å². The lowest BCUT2D eigenvalue weighted by Gasteiger charge is -2.35. The first-order valence-electron chi connectivity index (χ1n) is 11.1. The molecule has 0 atom stereocenters. The summed E-state index contributed by atoms with van der Waals surface area (Å²) in [7, 11) is 0. The fraction of sp³-hybridized carbons (Fsp3) is 0.417. The topological polar surface area (TPSA) is 97.6 Å². The number of pyridine rings is 1. The van der Waals surface area contributed by atoms with E-state index in [0.717, 1.165) is 0 Å². The fourth-order valence-electron chi connectivity index (χ4n) is 4.07. The van der Waals surface area contributed by atoms with Crippen LogP contribution in [0.5, 0.6) is 5.75 Å². The monoisotopic (exact) mass is 472 g/mol. The number of likely N-dealkylation sites (tertiary alicyclic amines) is 1. The quantitative estimate of drug-likeness (QED) is 0.580. The van der Waals surface area contributed by atoms with Gasteiger partial charge in [0.05, 0.1) is 16.8 Å². The molecule has 1 aromatic carbocycles. The van der Waals surface area contributed by atoms with Gasteiger partial charge in [0, 0.05) is 38.9 Å². The molecule has 2 aromatic heterocycles. The van der Waals surface area contributed by atoms with Gasteiger partial charge in [0.2, 0.25) is 5.91 Å². The minimum atomic E-state index is -1.66. The van der Waals surface area contributed by atoms with Crippen LogP contribution in [-0.2, 0) is 4.79 Å². The van der Waals surface area contributed by atoms with Crippen LogP contribution >= 0.6 is 0 Å². The van der Waals surface area contributed by atoms with Gasteiger partial charge < -0.3 is 14.7 Å². The maximum Gasteiger partial charge on any atom is 0.354 e. The zero-order chi connectivity index (χ0) is 24.6. The Bertz CT molecular complexity index is 1230. The van der Waals surface area contributed by atoms with E-state index in [1.54, 1.807) is 4.90 Å². The number of carbonyl (C=O) groups excluding carboxylic acids is 1. The number of hydrogen-bond acceptors (Lipinski definition) is 5. The summed E-state index contributed by atoms with van der Waals surface area (Å²) in [5.74, 6) is -1.70. The molecular weight excluding hydrogens is 446 g/mol. The molecule has 1 amide bonds. The van der Waals surface area contributed by atoms with Gasteiger partial charge in [0.25, 0.3) is 0 Å². The number of benzene rings is 1. The Labute approximate surface area is 195 Å². The molecule has 34 heavy (non-hydrogen) atoms. The number of piperidine rings is 1. The molecule has 1 aliphatic heterocycles. The number of carboxylic acids is 1. The highest BCUT2D eigenvalue weighted by Crippen LogP contribution is 2.36. The first-order valence-corrected chi connectivity index (χ1v) is 11.1. The molecule has 8 nitrogen and oxygen atoms in total. The van der Waals surface area contributed by atoms with Crippen LogP contribution in [0.2, 0.25) is 0 Å². The van der Waals surface area contributed by atoms with Crippen LogP contribution in [0.3, 0.4) is 0 Å². The zero-order valence-electron chi connectivity index (χ0n) is 19.2. The van der Waals surface area contributed by atoms with Crippen molar-refractivity contribution in [3.05, 3.63) is 47.5 Å². The maximum atomic E-state index is 15.5. The lowest BCUT2D eigenvalue weighted by molar-refractivity contribution is -0.131. The molecule has 0 spiro atoms. The standard InChI is InChI=1S/C24H26F2N4O4/c1-14(2)21-20-19(34-13-24(26)8-10-29(11-9-24)15(3)31)12-18(23(32)33)27-22(20)30(28-21)17-6-4-16(25)5-7-17/h4-7,12,14H,8-11,13H2,1-3H3,(H,32,33). The molecular formula is C24H26F2N4O4. The summed E-state index contributed by atoms with van der Waals surface area (Å²) < 4.78 is 36.3. The van der Waals surface area contributed by atoms with E-state index >= 15 is 4.39 Å².